The zero-order valence-electron chi connectivity index (χ0n) is 6.46. The predicted octanol–water partition coefficient (Wildman–Crippen LogP) is -3.58. The van der Waals surface area contributed by atoms with Gasteiger partial charge in [0.15, 0.2) is 0 Å². The number of alkyl halides is 1. The number of nitrogens with zero attached hydrogens (tertiary/aromatic N) is 3. The number of nitrogens with one attached hydrogen (secondary N) is 1. The molecule has 6 heteroatoms. The topological polar surface area (TPSA) is 47.9 Å². The zero-order chi connectivity index (χ0) is 8.10. The van der Waals surface area contributed by atoms with Crippen molar-refractivity contribution in [2.24, 2.45) is 5.18 Å². The molecule has 0 spiro atoms. The molecule has 66 valence electrons. The van der Waals surface area contributed by atoms with E-state index in [0.717, 1.165) is 19.8 Å². The minimum atomic E-state index is -0.151. The van der Waals surface area contributed by atoms with Gasteiger partial charge in [-0.15, -0.1) is 0 Å². The molecule has 0 atom stereocenters. The summed E-state index contributed by atoms with van der Waals surface area (Å²) in [4.78, 5) is 9.83. The van der Waals surface area contributed by atoms with E-state index in [1.165, 1.54) is 0 Å². The Morgan fingerprint density at radius 3 is 3.00 bits per heavy atom. The van der Waals surface area contributed by atoms with Gasteiger partial charge in [-0.05, 0) is 0 Å². The van der Waals surface area contributed by atoms with Crippen LogP contribution < -0.4 is 26.9 Å². The zero-order valence-corrected chi connectivity index (χ0v) is 8.61. The van der Waals surface area contributed by atoms with Crippen LogP contribution in [0.4, 0.5) is 0 Å². The van der Waals surface area contributed by atoms with Crippen LogP contribution in [0.15, 0.2) is 5.18 Å². The molecule has 1 aliphatic rings. The van der Waals surface area contributed by atoms with Gasteiger partial charge in [0.05, 0.1) is 0 Å². The van der Waals surface area contributed by atoms with Gasteiger partial charge in [0.1, 0.15) is 0 Å². The van der Waals surface area contributed by atoms with Crippen molar-refractivity contribution in [3.63, 3.8) is 0 Å². The molecule has 5 nitrogen and oxygen atoms in total. The van der Waals surface area contributed by atoms with Crippen LogP contribution in [-0.4, -0.2) is 39.5 Å². The summed E-state index contributed by atoms with van der Waals surface area (Å²) in [6, 6.07) is 0. The van der Waals surface area contributed by atoms with E-state index in [1.54, 1.807) is 0 Å². The fraction of sp³-hybridized carbons (Fsp3) is 1.00. The summed E-state index contributed by atoms with van der Waals surface area (Å²) in [7, 11) is 2.02. The molecule has 0 aliphatic carbocycles. The monoisotopic (exact) mass is 271 g/mol. The molecule has 0 bridgehead atoms. The first-order valence-corrected chi connectivity index (χ1v) is 5.90. The van der Waals surface area contributed by atoms with Crippen LogP contribution in [0.1, 0.15) is 0 Å². The quantitative estimate of drug-likeness (QED) is 0.190. The summed E-state index contributed by atoms with van der Waals surface area (Å²) in [5.41, 5.74) is 3.18. The third-order valence-electron chi connectivity index (χ3n) is 1.46. The second-order valence-corrected chi connectivity index (χ2v) is 5.02. The van der Waals surface area contributed by atoms with Gasteiger partial charge in [0.25, 0.3) is 0 Å². The molecule has 0 aromatic carbocycles. The molecule has 1 N–H and O–H groups in total. The van der Waals surface area contributed by atoms with Crippen LogP contribution in [0, 0.1) is 4.91 Å². The van der Waals surface area contributed by atoms with Crippen LogP contribution in [0.25, 0.3) is 0 Å². The minimum absolute atomic E-state index is 0.151. The van der Waals surface area contributed by atoms with E-state index in [4.69, 9.17) is 0 Å². The van der Waals surface area contributed by atoms with E-state index in [2.05, 4.69) is 18.7 Å². The number of hydrazine groups is 1. The summed E-state index contributed by atoms with van der Waals surface area (Å²) in [6.07, 6.45) is 0. The first-order chi connectivity index (χ1) is 5.33. The molecule has 1 heterocycles. The van der Waals surface area contributed by atoms with Crippen molar-refractivity contribution in [2.45, 2.75) is 0 Å². The van der Waals surface area contributed by atoms with Gasteiger partial charge in [-0.1, -0.05) is 0 Å². The van der Waals surface area contributed by atoms with Crippen molar-refractivity contribution >= 4 is 0 Å². The van der Waals surface area contributed by atoms with Gasteiger partial charge >= 0.3 is 76.5 Å². The summed E-state index contributed by atoms with van der Waals surface area (Å²) in [6.45, 7) is 2.96. The number of hydrogen-bond donors (Lipinski definition) is 1. The average molecular weight is 271 g/mol. The van der Waals surface area contributed by atoms with Crippen molar-refractivity contribution in [1.29, 1.82) is 0 Å². The average Bonchev–Trinajstić information content (AvgIpc) is 2.04. The van der Waals surface area contributed by atoms with Gasteiger partial charge in [0, 0.05) is 0 Å². The summed E-state index contributed by atoms with van der Waals surface area (Å²) >= 11 is -0.151. The van der Waals surface area contributed by atoms with E-state index in [0.29, 0.717) is 4.55 Å². The van der Waals surface area contributed by atoms with E-state index in [1.807, 2.05) is 7.05 Å². The summed E-state index contributed by atoms with van der Waals surface area (Å²) in [5, 5.41) is 4.93. The molecular weight excluding hydrogens is 259 g/mol. The Morgan fingerprint density at radius 1 is 1.64 bits per heavy atom. The Hall–Kier alpha value is 0.210. The number of rotatable bonds is 3. The first kappa shape index (κ1) is 9.30. The molecule has 0 aromatic rings. The molecule has 11 heavy (non-hydrogen) atoms. The molecule has 1 saturated heterocycles. The maximum atomic E-state index is 9.83. The fourth-order valence-electron chi connectivity index (χ4n) is 0.813. The first-order valence-electron chi connectivity index (χ1n) is 3.41. The van der Waals surface area contributed by atoms with Gasteiger partial charge in [0.2, 0.25) is 0 Å². The van der Waals surface area contributed by atoms with E-state index >= 15 is 0 Å². The van der Waals surface area contributed by atoms with Crippen LogP contribution in [0.5, 0.6) is 0 Å². The van der Waals surface area contributed by atoms with Gasteiger partial charge < -0.3 is 0 Å². The Morgan fingerprint density at radius 2 is 2.45 bits per heavy atom. The molecule has 1 rings (SSSR count). The number of halogens is 1. The Balaban J connectivity index is 2.12. The van der Waals surface area contributed by atoms with Gasteiger partial charge in [-0.3, -0.25) is 0 Å². The maximum absolute atomic E-state index is 9.83. The second-order valence-electron chi connectivity index (χ2n) is 2.29. The predicted molar refractivity (Wildman–Crippen MR) is 38.0 cm³/mol. The number of nitroso groups, excluding NO2 is 1. The van der Waals surface area contributed by atoms with Crippen LogP contribution in [0.3, 0.4) is 0 Å². The normalized spacial score (nSPS) is 22.3. The molecule has 1 fully saturated rings. The third kappa shape index (κ3) is 3.41. The van der Waals surface area contributed by atoms with Crippen molar-refractivity contribution in [3.8, 4) is 0 Å². The fourth-order valence-corrected chi connectivity index (χ4v) is 2.32. The van der Waals surface area contributed by atoms with Crippen molar-refractivity contribution in [2.75, 3.05) is 31.4 Å². The Labute approximate surface area is 76.7 Å². The molecule has 0 aromatic heterocycles. The van der Waals surface area contributed by atoms with Crippen LogP contribution in [0.2, 0.25) is 0 Å². The summed E-state index contributed by atoms with van der Waals surface area (Å²) in [5.74, 6) is 0. The van der Waals surface area contributed by atoms with E-state index in [-0.39, 0.29) is 21.5 Å². The molecule has 0 amide bonds. The standard InChI is InChI=1S/C5H12IN4O/c1-9-2-3-10(5-7-9)6-4-8-11/h7H,2-5H2,1H3/q-1. The molecule has 1 aliphatic heterocycles. The molecule has 0 unspecified atom stereocenters. The number of hydrogen-bond acceptors (Lipinski definition) is 5. The van der Waals surface area contributed by atoms with E-state index in [9.17, 15) is 4.91 Å². The Bertz CT molecular complexity index is 126. The van der Waals surface area contributed by atoms with Crippen molar-refractivity contribution < 1.29 is 21.5 Å². The molecule has 0 saturated carbocycles. The molecular formula is C5H12IN4O-. The van der Waals surface area contributed by atoms with Gasteiger partial charge in [-0.25, -0.2) is 0 Å². The number of likely N-dealkylation sites (N-methyl/N-ethyl adjacent to an activating group) is 1. The van der Waals surface area contributed by atoms with Crippen molar-refractivity contribution in [1.82, 2.24) is 13.5 Å². The Kier molecular flexibility index (Phi) is 4.20. The van der Waals surface area contributed by atoms with Crippen molar-refractivity contribution in [3.05, 3.63) is 4.91 Å². The molecule has 0 radical (unpaired) electrons. The van der Waals surface area contributed by atoms with E-state index < -0.39 is 0 Å². The van der Waals surface area contributed by atoms with Crippen LogP contribution >= 0.6 is 0 Å². The van der Waals surface area contributed by atoms with Crippen LogP contribution in [-0.2, 0) is 0 Å². The third-order valence-corrected chi connectivity index (χ3v) is 3.83. The summed E-state index contributed by atoms with van der Waals surface area (Å²) < 4.78 is 2.78. The SMILES string of the molecule is CN1CCN([I-]CN=O)CN1. The van der Waals surface area contributed by atoms with Gasteiger partial charge in [-0.2, -0.15) is 0 Å². The second kappa shape index (κ2) is 4.96.